The van der Waals surface area contributed by atoms with E-state index in [2.05, 4.69) is 30.2 Å². The molecule has 25 heavy (non-hydrogen) atoms. The summed E-state index contributed by atoms with van der Waals surface area (Å²) in [6.45, 7) is 2.93. The lowest BCUT2D eigenvalue weighted by Gasteiger charge is -2.26. The Morgan fingerprint density at radius 3 is 2.80 bits per heavy atom. The molecule has 0 bridgehead atoms. The largest absolute Gasteiger partial charge is 0.332 e. The van der Waals surface area contributed by atoms with E-state index in [0.29, 0.717) is 5.56 Å². The predicted octanol–water partition coefficient (Wildman–Crippen LogP) is 4.16. The van der Waals surface area contributed by atoms with Gasteiger partial charge in [-0.1, -0.05) is 30.3 Å². The van der Waals surface area contributed by atoms with Crippen molar-refractivity contribution in [2.24, 2.45) is 0 Å². The van der Waals surface area contributed by atoms with Crippen molar-refractivity contribution >= 4 is 5.91 Å². The molecule has 0 radical (unpaired) electrons. The molecule has 1 aromatic heterocycles. The zero-order valence-electron chi connectivity index (χ0n) is 14.3. The molecule has 0 N–H and O–H groups in total. The molecule has 4 rings (SSSR count). The van der Waals surface area contributed by atoms with Crippen LogP contribution in [0.1, 0.15) is 40.4 Å². The molecule has 1 aliphatic rings. The summed E-state index contributed by atoms with van der Waals surface area (Å²) in [6, 6.07) is 18.1. The van der Waals surface area contributed by atoms with Crippen molar-refractivity contribution in [1.29, 1.82) is 0 Å². The lowest BCUT2D eigenvalue weighted by molar-refractivity contribution is 0.0735. The summed E-state index contributed by atoms with van der Waals surface area (Å²) < 4.78 is 1.78. The molecule has 2 heterocycles. The first-order valence-electron chi connectivity index (χ1n) is 8.70. The molecule has 2 aromatic carbocycles. The lowest BCUT2D eigenvalue weighted by atomic mass is 9.99. The number of benzene rings is 2. The maximum Gasteiger partial charge on any atom is 0.254 e. The maximum absolute atomic E-state index is 13.2. The lowest BCUT2D eigenvalue weighted by Crippen LogP contribution is -2.31. The van der Waals surface area contributed by atoms with Gasteiger partial charge in [-0.2, -0.15) is 5.10 Å². The summed E-state index contributed by atoms with van der Waals surface area (Å²) in [5.74, 6) is 0.0970. The van der Waals surface area contributed by atoms with Gasteiger partial charge in [-0.05, 0) is 55.2 Å². The Hall–Kier alpha value is -2.88. The average Bonchev–Trinajstić information content (AvgIpc) is 3.33. The Morgan fingerprint density at radius 1 is 1.12 bits per heavy atom. The van der Waals surface area contributed by atoms with Gasteiger partial charge in [0.2, 0.25) is 0 Å². The first-order chi connectivity index (χ1) is 12.2. The highest BCUT2D eigenvalue weighted by molar-refractivity contribution is 5.95. The molecule has 4 heteroatoms. The summed E-state index contributed by atoms with van der Waals surface area (Å²) in [4.78, 5) is 15.2. The van der Waals surface area contributed by atoms with Gasteiger partial charge in [-0.3, -0.25) is 4.79 Å². The van der Waals surface area contributed by atoms with E-state index < -0.39 is 0 Å². The number of carbonyl (C=O) groups excluding carboxylic acids is 1. The van der Waals surface area contributed by atoms with Crippen LogP contribution < -0.4 is 0 Å². The van der Waals surface area contributed by atoms with E-state index >= 15 is 0 Å². The fraction of sp³-hybridized carbons (Fsp3) is 0.238. The van der Waals surface area contributed by atoms with E-state index in [4.69, 9.17) is 0 Å². The number of aryl methyl sites for hydroxylation is 1. The topological polar surface area (TPSA) is 38.1 Å². The minimum atomic E-state index is 0.0970. The van der Waals surface area contributed by atoms with Crippen molar-refractivity contribution in [3.05, 3.63) is 83.7 Å². The summed E-state index contributed by atoms with van der Waals surface area (Å²) in [5, 5.41) is 4.25. The van der Waals surface area contributed by atoms with Crippen LogP contribution in [0.3, 0.4) is 0 Å². The normalized spacial score (nSPS) is 17.0. The minimum absolute atomic E-state index is 0.0970. The van der Waals surface area contributed by atoms with Gasteiger partial charge < -0.3 is 4.90 Å². The minimum Gasteiger partial charge on any atom is -0.332 e. The van der Waals surface area contributed by atoms with Crippen LogP contribution in [0.5, 0.6) is 0 Å². The zero-order valence-corrected chi connectivity index (χ0v) is 14.3. The van der Waals surface area contributed by atoms with E-state index in [9.17, 15) is 4.79 Å². The first-order valence-corrected chi connectivity index (χ1v) is 8.70. The highest BCUT2D eigenvalue weighted by Crippen LogP contribution is 2.34. The maximum atomic E-state index is 13.2. The molecule has 1 atom stereocenters. The molecular weight excluding hydrogens is 310 g/mol. The number of aromatic nitrogens is 2. The molecule has 0 saturated carbocycles. The summed E-state index contributed by atoms with van der Waals surface area (Å²) >= 11 is 0. The number of hydrogen-bond donors (Lipinski definition) is 0. The molecule has 1 amide bonds. The number of nitrogens with zero attached hydrogens (tertiary/aromatic N) is 3. The van der Waals surface area contributed by atoms with Gasteiger partial charge in [-0.25, -0.2) is 4.68 Å². The Balaban J connectivity index is 1.64. The highest BCUT2D eigenvalue weighted by Gasteiger charge is 2.31. The van der Waals surface area contributed by atoms with Gasteiger partial charge >= 0.3 is 0 Å². The van der Waals surface area contributed by atoms with Crippen LogP contribution in [-0.4, -0.2) is 27.1 Å². The zero-order chi connectivity index (χ0) is 17.2. The molecule has 1 aliphatic heterocycles. The van der Waals surface area contributed by atoms with Crippen molar-refractivity contribution < 1.29 is 4.79 Å². The van der Waals surface area contributed by atoms with Crippen LogP contribution in [0, 0.1) is 6.92 Å². The Morgan fingerprint density at radius 2 is 2.00 bits per heavy atom. The number of rotatable bonds is 3. The second-order valence-corrected chi connectivity index (χ2v) is 6.51. The van der Waals surface area contributed by atoms with Crippen LogP contribution in [0.25, 0.3) is 5.69 Å². The van der Waals surface area contributed by atoms with Gasteiger partial charge in [0.05, 0.1) is 11.7 Å². The fourth-order valence-electron chi connectivity index (χ4n) is 3.66. The van der Waals surface area contributed by atoms with E-state index in [1.807, 2.05) is 47.5 Å². The van der Waals surface area contributed by atoms with E-state index in [-0.39, 0.29) is 11.9 Å². The smallest absolute Gasteiger partial charge is 0.254 e. The van der Waals surface area contributed by atoms with Crippen molar-refractivity contribution in [1.82, 2.24) is 14.7 Å². The SMILES string of the molecule is Cc1ccccc1C1CCCN1C(=O)c1cccc(-n2cccn2)c1. The summed E-state index contributed by atoms with van der Waals surface area (Å²) in [7, 11) is 0. The average molecular weight is 331 g/mol. The molecular formula is C21H21N3O. The molecule has 1 saturated heterocycles. The Bertz CT molecular complexity index is 886. The molecule has 4 nitrogen and oxygen atoms in total. The second kappa shape index (κ2) is 6.55. The van der Waals surface area contributed by atoms with Crippen LogP contribution in [-0.2, 0) is 0 Å². The monoisotopic (exact) mass is 331 g/mol. The third-order valence-electron chi connectivity index (χ3n) is 4.92. The van der Waals surface area contributed by atoms with Crippen molar-refractivity contribution in [2.45, 2.75) is 25.8 Å². The van der Waals surface area contributed by atoms with Crippen molar-refractivity contribution in [3.63, 3.8) is 0 Å². The molecule has 0 aliphatic carbocycles. The summed E-state index contributed by atoms with van der Waals surface area (Å²) in [6.07, 6.45) is 5.69. The molecule has 126 valence electrons. The van der Waals surface area contributed by atoms with Gasteiger partial charge in [0.1, 0.15) is 0 Å². The molecule has 3 aromatic rings. The van der Waals surface area contributed by atoms with Crippen LogP contribution in [0.4, 0.5) is 0 Å². The number of likely N-dealkylation sites (tertiary alicyclic amines) is 1. The third kappa shape index (κ3) is 2.95. The fourth-order valence-corrected chi connectivity index (χ4v) is 3.66. The number of carbonyl (C=O) groups is 1. The van der Waals surface area contributed by atoms with Crippen LogP contribution in [0.2, 0.25) is 0 Å². The standard InChI is InChI=1S/C21H21N3O/c1-16-7-2-3-10-19(16)20-11-5-13-23(20)21(25)17-8-4-9-18(15-17)24-14-6-12-22-24/h2-4,6-10,12,14-15,20H,5,11,13H2,1H3. The van der Waals surface area contributed by atoms with Gasteiger partial charge in [-0.15, -0.1) is 0 Å². The highest BCUT2D eigenvalue weighted by atomic mass is 16.2. The Labute approximate surface area is 147 Å². The van der Waals surface area contributed by atoms with Gasteiger partial charge in [0.15, 0.2) is 0 Å². The van der Waals surface area contributed by atoms with Crippen LogP contribution >= 0.6 is 0 Å². The molecule has 1 fully saturated rings. The third-order valence-corrected chi connectivity index (χ3v) is 4.92. The molecule has 0 spiro atoms. The van der Waals surface area contributed by atoms with E-state index in [1.54, 1.807) is 10.9 Å². The predicted molar refractivity (Wildman–Crippen MR) is 97.8 cm³/mol. The first kappa shape index (κ1) is 15.6. The van der Waals surface area contributed by atoms with E-state index in [0.717, 1.165) is 25.1 Å². The quantitative estimate of drug-likeness (QED) is 0.723. The van der Waals surface area contributed by atoms with Crippen molar-refractivity contribution in [3.8, 4) is 5.69 Å². The summed E-state index contributed by atoms with van der Waals surface area (Å²) in [5.41, 5.74) is 4.13. The molecule has 1 unspecified atom stereocenters. The number of hydrogen-bond acceptors (Lipinski definition) is 2. The van der Waals surface area contributed by atoms with Crippen LogP contribution in [0.15, 0.2) is 67.0 Å². The van der Waals surface area contributed by atoms with Crippen molar-refractivity contribution in [2.75, 3.05) is 6.54 Å². The van der Waals surface area contributed by atoms with Gasteiger partial charge in [0, 0.05) is 24.5 Å². The van der Waals surface area contributed by atoms with E-state index in [1.165, 1.54) is 11.1 Å². The second-order valence-electron chi connectivity index (χ2n) is 6.51. The van der Waals surface area contributed by atoms with Gasteiger partial charge in [0.25, 0.3) is 5.91 Å². The Kier molecular flexibility index (Phi) is 4.10. The number of amides is 1.